The summed E-state index contributed by atoms with van der Waals surface area (Å²) in [6.07, 6.45) is 1.59. The van der Waals surface area contributed by atoms with E-state index >= 15 is 0 Å². The van der Waals surface area contributed by atoms with Gasteiger partial charge in [-0.3, -0.25) is 14.9 Å². The molecule has 0 bridgehead atoms. The van der Waals surface area contributed by atoms with Crippen molar-refractivity contribution in [1.29, 1.82) is 0 Å². The Kier molecular flexibility index (Phi) is 7.24. The summed E-state index contributed by atoms with van der Waals surface area (Å²) < 4.78 is 15.7. The molecular formula is C13H13KNO5S. The Balaban J connectivity index is 0.00000220. The molecule has 1 aliphatic heterocycles. The van der Waals surface area contributed by atoms with E-state index in [1.807, 2.05) is 0 Å². The fraction of sp³-hybridized carbons (Fsp3) is 0.231. The first-order valence-corrected chi connectivity index (χ1v) is 6.45. The van der Waals surface area contributed by atoms with Gasteiger partial charge < -0.3 is 14.2 Å². The first kappa shape index (κ1) is 18.5. The van der Waals surface area contributed by atoms with Gasteiger partial charge >= 0.3 is 0 Å². The van der Waals surface area contributed by atoms with Gasteiger partial charge in [-0.05, 0) is 35.5 Å². The summed E-state index contributed by atoms with van der Waals surface area (Å²) in [5.74, 6) is 1.02. The average Bonchev–Trinajstić information content (AvgIpc) is 2.75. The second-order valence-corrected chi connectivity index (χ2v) is 4.83. The van der Waals surface area contributed by atoms with Crippen molar-refractivity contribution in [2.45, 2.75) is 0 Å². The number of carbonyl (C=O) groups is 2. The van der Waals surface area contributed by atoms with E-state index in [-0.39, 0.29) is 56.6 Å². The fourth-order valence-electron chi connectivity index (χ4n) is 1.76. The van der Waals surface area contributed by atoms with Crippen LogP contribution in [0.4, 0.5) is 4.79 Å². The van der Waals surface area contributed by atoms with Gasteiger partial charge in [0.25, 0.3) is 11.1 Å². The number of amides is 2. The minimum absolute atomic E-state index is 0. The summed E-state index contributed by atoms with van der Waals surface area (Å²) in [6, 6.07) is 3.40. The second-order valence-electron chi connectivity index (χ2n) is 3.81. The number of benzene rings is 1. The van der Waals surface area contributed by atoms with Crippen LogP contribution in [-0.4, -0.2) is 83.9 Å². The molecule has 1 N–H and O–H groups in total. The number of thioether (sulfide) groups is 1. The van der Waals surface area contributed by atoms with Crippen LogP contribution in [0.15, 0.2) is 17.0 Å². The van der Waals surface area contributed by atoms with Gasteiger partial charge in [-0.1, -0.05) is 0 Å². The van der Waals surface area contributed by atoms with E-state index in [1.165, 1.54) is 21.3 Å². The van der Waals surface area contributed by atoms with E-state index in [2.05, 4.69) is 5.32 Å². The summed E-state index contributed by atoms with van der Waals surface area (Å²) in [7, 11) is 4.53. The van der Waals surface area contributed by atoms with Gasteiger partial charge in [0.2, 0.25) is 5.75 Å². The van der Waals surface area contributed by atoms with Crippen LogP contribution >= 0.6 is 11.8 Å². The molecule has 1 aliphatic rings. The molecule has 107 valence electrons. The SMILES string of the molecule is COc1cc(C=C2SC(=O)NC2=O)cc(OC)c1OC.[K]. The minimum Gasteiger partial charge on any atom is -0.493 e. The van der Waals surface area contributed by atoms with Crippen molar-refractivity contribution in [3.63, 3.8) is 0 Å². The Labute approximate surface area is 169 Å². The van der Waals surface area contributed by atoms with E-state index < -0.39 is 5.91 Å². The fourth-order valence-corrected chi connectivity index (χ4v) is 2.44. The predicted octanol–water partition coefficient (Wildman–Crippen LogP) is 1.66. The van der Waals surface area contributed by atoms with Crippen LogP contribution in [0.2, 0.25) is 0 Å². The molecule has 6 nitrogen and oxygen atoms in total. The van der Waals surface area contributed by atoms with Crippen molar-refractivity contribution in [2.75, 3.05) is 21.3 Å². The molecule has 1 saturated heterocycles. The number of hydrogen-bond donors (Lipinski definition) is 1. The number of methoxy groups -OCH3 is 3. The summed E-state index contributed by atoms with van der Waals surface area (Å²) in [6.45, 7) is 0. The summed E-state index contributed by atoms with van der Waals surface area (Å²) in [5, 5.41) is 1.82. The van der Waals surface area contributed by atoms with Crippen LogP contribution in [0, 0.1) is 0 Å². The van der Waals surface area contributed by atoms with E-state index in [0.29, 0.717) is 27.7 Å². The van der Waals surface area contributed by atoms with Crippen LogP contribution < -0.4 is 19.5 Å². The topological polar surface area (TPSA) is 73.9 Å². The number of nitrogens with one attached hydrogen (secondary N) is 1. The molecule has 1 radical (unpaired) electrons. The van der Waals surface area contributed by atoms with Gasteiger partial charge in [0.1, 0.15) is 0 Å². The maximum Gasteiger partial charge on any atom is 0.290 e. The third-order valence-electron chi connectivity index (χ3n) is 2.63. The molecule has 1 aromatic carbocycles. The number of hydrogen-bond acceptors (Lipinski definition) is 6. The third kappa shape index (κ3) is 4.24. The smallest absolute Gasteiger partial charge is 0.290 e. The van der Waals surface area contributed by atoms with E-state index in [4.69, 9.17) is 14.2 Å². The Hall–Kier alpha value is -0.514. The van der Waals surface area contributed by atoms with Crippen LogP contribution in [0.1, 0.15) is 5.56 Å². The Bertz CT molecular complexity index is 577. The van der Waals surface area contributed by atoms with Crippen LogP contribution in [0.5, 0.6) is 17.2 Å². The number of imide groups is 1. The van der Waals surface area contributed by atoms with Gasteiger partial charge in [0.15, 0.2) is 11.5 Å². The summed E-state index contributed by atoms with van der Waals surface area (Å²) >= 11 is 0.854. The molecule has 0 atom stereocenters. The molecule has 0 aromatic heterocycles. The first-order chi connectivity index (χ1) is 9.58. The van der Waals surface area contributed by atoms with Gasteiger partial charge in [0.05, 0.1) is 26.2 Å². The molecule has 0 spiro atoms. The Morgan fingerprint density at radius 1 is 1.05 bits per heavy atom. The molecule has 8 heteroatoms. The molecule has 0 aliphatic carbocycles. The summed E-state index contributed by atoms with van der Waals surface area (Å²) in [5.41, 5.74) is 0.673. The molecule has 0 unspecified atom stereocenters. The van der Waals surface area contributed by atoms with Gasteiger partial charge in [-0.25, -0.2) is 0 Å². The Morgan fingerprint density at radius 3 is 2.00 bits per heavy atom. The molecule has 2 rings (SSSR count). The molecule has 1 aromatic rings. The maximum atomic E-state index is 11.5. The summed E-state index contributed by atoms with van der Waals surface area (Å²) in [4.78, 5) is 23.0. The van der Waals surface area contributed by atoms with Gasteiger partial charge in [-0.2, -0.15) is 0 Å². The van der Waals surface area contributed by atoms with Crippen molar-refractivity contribution in [1.82, 2.24) is 5.32 Å². The van der Waals surface area contributed by atoms with Crippen molar-refractivity contribution >= 4 is 80.4 Å². The van der Waals surface area contributed by atoms with Crippen LogP contribution in [0.3, 0.4) is 0 Å². The third-order valence-corrected chi connectivity index (χ3v) is 3.44. The van der Waals surface area contributed by atoms with Gasteiger partial charge in [0, 0.05) is 51.4 Å². The van der Waals surface area contributed by atoms with E-state index in [9.17, 15) is 9.59 Å². The first-order valence-electron chi connectivity index (χ1n) is 5.64. The van der Waals surface area contributed by atoms with Crippen molar-refractivity contribution < 1.29 is 23.8 Å². The number of rotatable bonds is 4. The zero-order valence-corrected chi connectivity index (χ0v) is 16.1. The number of carbonyl (C=O) groups excluding carboxylic acids is 2. The monoisotopic (exact) mass is 334 g/mol. The van der Waals surface area contributed by atoms with E-state index in [0.717, 1.165) is 11.8 Å². The van der Waals surface area contributed by atoms with E-state index in [1.54, 1.807) is 18.2 Å². The van der Waals surface area contributed by atoms with Crippen LogP contribution in [0.25, 0.3) is 6.08 Å². The molecule has 1 fully saturated rings. The largest absolute Gasteiger partial charge is 0.493 e. The molecule has 1 heterocycles. The second kappa shape index (κ2) is 8.21. The average molecular weight is 334 g/mol. The molecule has 2 amide bonds. The van der Waals surface area contributed by atoms with Gasteiger partial charge in [-0.15, -0.1) is 0 Å². The standard InChI is InChI=1S/C13H13NO5S.K/c1-17-8-4-7(5-9(18-2)11(8)19-3)6-10-12(15)14-13(16)20-10;/h4-6H,1-3H3,(H,14,15,16);. The van der Waals surface area contributed by atoms with Crippen molar-refractivity contribution in [2.24, 2.45) is 0 Å². The Morgan fingerprint density at radius 2 is 1.62 bits per heavy atom. The molecule has 0 saturated carbocycles. The maximum absolute atomic E-state index is 11.5. The normalized spacial score (nSPS) is 15.5. The minimum atomic E-state index is -0.409. The van der Waals surface area contributed by atoms with Crippen LogP contribution in [-0.2, 0) is 4.79 Å². The van der Waals surface area contributed by atoms with Crippen molar-refractivity contribution in [3.8, 4) is 17.2 Å². The zero-order chi connectivity index (χ0) is 14.7. The molecular weight excluding hydrogens is 321 g/mol. The van der Waals surface area contributed by atoms with Crippen molar-refractivity contribution in [3.05, 3.63) is 22.6 Å². The number of ether oxygens (including phenoxy) is 3. The predicted molar refractivity (Wildman–Crippen MR) is 81.0 cm³/mol. The quantitative estimate of drug-likeness (QED) is 0.667. The zero-order valence-electron chi connectivity index (χ0n) is 12.2. The molecule has 21 heavy (non-hydrogen) atoms.